The van der Waals surface area contributed by atoms with Crippen LogP contribution in [0.4, 0.5) is 5.13 Å². The molecular formula is C23H24N8O6S4. The molecule has 41 heavy (non-hydrogen) atoms. The van der Waals surface area contributed by atoms with Gasteiger partial charge < -0.3 is 31.3 Å². The molecule has 18 heteroatoms. The fourth-order valence-electron chi connectivity index (χ4n) is 4.40. The maximum atomic E-state index is 13.0. The molecule has 0 radical (unpaired) electrons. The zero-order valence-corrected chi connectivity index (χ0v) is 24.6. The first kappa shape index (κ1) is 29.2. The lowest BCUT2D eigenvalue weighted by Crippen LogP contribution is -2.71. The van der Waals surface area contributed by atoms with Crippen molar-refractivity contribution in [3.05, 3.63) is 45.7 Å². The number of aliphatic hydroxyl groups excluding tert-OH is 1. The summed E-state index contributed by atoms with van der Waals surface area (Å²) in [5.74, 6) is -1.56. The number of thioether (sulfide) groups is 3. The Morgan fingerprint density at radius 2 is 2.22 bits per heavy atom. The van der Waals surface area contributed by atoms with Gasteiger partial charge in [-0.15, -0.1) is 51.3 Å². The van der Waals surface area contributed by atoms with Crippen molar-refractivity contribution in [2.24, 2.45) is 10.1 Å². The van der Waals surface area contributed by atoms with Gasteiger partial charge in [-0.2, -0.15) is 0 Å². The predicted octanol–water partition coefficient (Wildman–Crippen LogP) is -0.970. The predicted molar refractivity (Wildman–Crippen MR) is 155 cm³/mol. The van der Waals surface area contributed by atoms with Gasteiger partial charge in [-0.3, -0.25) is 14.5 Å². The number of nitrogens with zero attached hydrogens (tertiary/aromatic N) is 6. The van der Waals surface area contributed by atoms with Gasteiger partial charge in [0.1, 0.15) is 34.1 Å². The van der Waals surface area contributed by atoms with Gasteiger partial charge in [-0.1, -0.05) is 5.16 Å². The highest BCUT2D eigenvalue weighted by Crippen LogP contribution is 2.42. The molecule has 1 saturated heterocycles. The number of aliphatic carboxylic acids is 1. The number of nitrogen functional groups attached to an aromatic ring is 1. The maximum Gasteiger partial charge on any atom is 0.352 e. The van der Waals surface area contributed by atoms with Crippen LogP contribution in [0.5, 0.6) is 0 Å². The monoisotopic (exact) mass is 636 g/mol. The van der Waals surface area contributed by atoms with Crippen LogP contribution in [0.2, 0.25) is 0 Å². The third kappa shape index (κ3) is 5.74. The number of carbonyl (C=O) groups is 3. The number of amides is 2. The van der Waals surface area contributed by atoms with Crippen molar-refractivity contribution in [2.45, 2.75) is 29.5 Å². The van der Waals surface area contributed by atoms with Crippen molar-refractivity contribution in [3.8, 4) is 0 Å². The molecule has 216 valence electrons. The molecule has 0 aliphatic carbocycles. The molecule has 2 aromatic rings. The van der Waals surface area contributed by atoms with E-state index in [1.54, 1.807) is 6.21 Å². The Labute approximate surface area is 250 Å². The van der Waals surface area contributed by atoms with E-state index in [9.17, 15) is 29.8 Å². The molecule has 5 heterocycles. The lowest BCUT2D eigenvalue weighted by molar-refractivity contribution is -0.673. The molecule has 2 amide bonds. The lowest BCUT2D eigenvalue weighted by atomic mass is 10.0. The van der Waals surface area contributed by atoms with Crippen molar-refractivity contribution in [1.82, 2.24) is 19.9 Å². The lowest BCUT2D eigenvalue weighted by Gasteiger charge is -2.50. The first-order chi connectivity index (χ1) is 19.7. The minimum absolute atomic E-state index is 0.000379. The van der Waals surface area contributed by atoms with Crippen LogP contribution in [0.25, 0.3) is 5.82 Å². The van der Waals surface area contributed by atoms with Crippen LogP contribution >= 0.6 is 46.6 Å². The molecule has 1 fully saturated rings. The number of nitrogens with two attached hydrogens (primary N) is 1. The smallest absolute Gasteiger partial charge is 0.352 e. The van der Waals surface area contributed by atoms with Gasteiger partial charge in [-0.25, -0.2) is 9.67 Å². The number of anilines is 1. The largest absolute Gasteiger partial charge is 0.543 e. The Kier molecular flexibility index (Phi) is 8.74. The molecular weight excluding hydrogens is 613 g/mol. The molecule has 3 atom stereocenters. The van der Waals surface area contributed by atoms with E-state index in [4.69, 9.17) is 5.73 Å². The van der Waals surface area contributed by atoms with Gasteiger partial charge in [0.05, 0.1) is 35.9 Å². The maximum absolute atomic E-state index is 13.0. The topological polar surface area (TPSA) is 202 Å². The van der Waals surface area contributed by atoms with Crippen molar-refractivity contribution >= 4 is 87.3 Å². The summed E-state index contributed by atoms with van der Waals surface area (Å²) in [6.07, 6.45) is 3.65. The van der Waals surface area contributed by atoms with Crippen molar-refractivity contribution < 1.29 is 34.5 Å². The number of hydrogen-bond acceptors (Lipinski definition) is 14. The fraction of sp³-hybridized carbons (Fsp3) is 0.348. The van der Waals surface area contributed by atoms with Crippen molar-refractivity contribution in [3.63, 3.8) is 0 Å². The molecule has 2 aromatic heterocycles. The third-order valence-electron chi connectivity index (χ3n) is 6.34. The van der Waals surface area contributed by atoms with E-state index in [0.29, 0.717) is 29.4 Å². The van der Waals surface area contributed by atoms with Crippen molar-refractivity contribution in [1.29, 1.82) is 0 Å². The molecule has 0 aromatic carbocycles. The van der Waals surface area contributed by atoms with E-state index in [1.165, 1.54) is 40.7 Å². The van der Waals surface area contributed by atoms with Crippen LogP contribution in [0.3, 0.4) is 0 Å². The van der Waals surface area contributed by atoms with Gasteiger partial charge >= 0.3 is 5.82 Å². The van der Waals surface area contributed by atoms with E-state index in [-0.39, 0.29) is 27.7 Å². The minimum Gasteiger partial charge on any atom is -0.543 e. The van der Waals surface area contributed by atoms with E-state index in [0.717, 1.165) is 21.9 Å². The summed E-state index contributed by atoms with van der Waals surface area (Å²) in [5, 5.41) is 39.1. The summed E-state index contributed by atoms with van der Waals surface area (Å²) in [4.78, 5) is 47.4. The number of carboxylic acid groups (broad SMARTS) is 1. The van der Waals surface area contributed by atoms with Gasteiger partial charge in [0.25, 0.3) is 11.8 Å². The molecule has 0 saturated carbocycles. The number of carbonyl (C=O) groups excluding carboxylic acids is 3. The SMILES string of the molecule is Cc1cc[n+](C2=CSC(SCC3=C(C(=O)[O-])N4C(=O)[C@@H](NC(=O)/C(=N\O)c5csc(N)n5)C4SC3)C=N2)n1CCO. The highest BCUT2D eigenvalue weighted by Gasteiger charge is 2.53. The summed E-state index contributed by atoms with van der Waals surface area (Å²) in [5.41, 5.74) is 6.56. The van der Waals surface area contributed by atoms with E-state index in [1.807, 2.05) is 34.0 Å². The summed E-state index contributed by atoms with van der Waals surface area (Å²) >= 11 is 5.37. The Bertz CT molecular complexity index is 1510. The van der Waals surface area contributed by atoms with Gasteiger partial charge in [-0.05, 0) is 17.5 Å². The second-order valence-corrected chi connectivity index (χ2v) is 13.3. The number of aromatic nitrogens is 3. The number of nitrogens with one attached hydrogen (secondary N) is 1. The minimum atomic E-state index is -1.47. The van der Waals surface area contributed by atoms with Crippen LogP contribution in [0.15, 0.2) is 44.5 Å². The molecule has 5 rings (SSSR count). The van der Waals surface area contributed by atoms with Crippen LogP contribution in [0, 0.1) is 6.92 Å². The summed E-state index contributed by atoms with van der Waals surface area (Å²) < 4.78 is 3.68. The number of fused-ring (bicyclic) bond motifs is 1. The molecule has 5 N–H and O–H groups in total. The highest BCUT2D eigenvalue weighted by atomic mass is 32.2. The van der Waals surface area contributed by atoms with Gasteiger partial charge in [0, 0.05) is 23.0 Å². The zero-order valence-electron chi connectivity index (χ0n) is 21.4. The number of rotatable bonds is 10. The number of oxime groups is 1. The normalized spacial score (nSPS) is 22.3. The second kappa shape index (κ2) is 12.3. The van der Waals surface area contributed by atoms with E-state index < -0.39 is 34.9 Å². The number of β-lactam (4-membered cyclic amide) rings is 1. The molecule has 0 spiro atoms. The Morgan fingerprint density at radius 3 is 2.85 bits per heavy atom. The summed E-state index contributed by atoms with van der Waals surface area (Å²) in [6, 6.07) is 0.919. The quantitative estimate of drug-likeness (QED) is 0.0822. The van der Waals surface area contributed by atoms with Crippen molar-refractivity contribution in [2.75, 3.05) is 23.8 Å². The molecule has 14 nitrogen and oxygen atoms in total. The Balaban J connectivity index is 1.22. The average Bonchev–Trinajstić information content (AvgIpc) is 3.55. The van der Waals surface area contributed by atoms with E-state index in [2.05, 4.69) is 20.4 Å². The molecule has 3 aliphatic rings. The van der Waals surface area contributed by atoms with Gasteiger partial charge in [0.2, 0.25) is 0 Å². The Hall–Kier alpha value is -3.32. The van der Waals surface area contributed by atoms with Crippen LogP contribution in [-0.4, -0.2) is 88.7 Å². The highest BCUT2D eigenvalue weighted by molar-refractivity contribution is 8.19. The fourth-order valence-corrected chi connectivity index (χ4v) is 8.42. The summed E-state index contributed by atoms with van der Waals surface area (Å²) in [7, 11) is 0. The third-order valence-corrected chi connectivity index (χ3v) is 10.8. The number of carboxylic acids is 1. The Morgan fingerprint density at radius 1 is 1.41 bits per heavy atom. The first-order valence-corrected chi connectivity index (χ1v) is 16.0. The van der Waals surface area contributed by atoms with Crippen LogP contribution in [0.1, 0.15) is 11.4 Å². The number of aliphatic hydroxyl groups is 1. The number of thiazole rings is 1. The number of aryl methyl sites for hydroxylation is 1. The molecule has 3 aliphatic heterocycles. The zero-order chi connectivity index (χ0) is 29.3. The van der Waals surface area contributed by atoms with Crippen LogP contribution < -0.4 is 20.8 Å². The van der Waals surface area contributed by atoms with E-state index >= 15 is 0 Å². The van der Waals surface area contributed by atoms with Crippen LogP contribution in [-0.2, 0) is 20.9 Å². The van der Waals surface area contributed by atoms with Gasteiger partial charge in [0.15, 0.2) is 10.8 Å². The number of hydrogen-bond donors (Lipinski definition) is 4. The number of aliphatic imine (C=N–C) groups is 1. The molecule has 2 unspecified atom stereocenters. The second-order valence-electron chi connectivity index (χ2n) is 8.84. The summed E-state index contributed by atoms with van der Waals surface area (Å²) in [6.45, 7) is 2.38. The average molecular weight is 637 g/mol. The first-order valence-electron chi connectivity index (χ1n) is 12.1. The standard InChI is InChI=1S/C23H24N8O6S4/c1-11-2-3-30(29(11)4-5-32)14-10-39-15(6-25-14)38-7-12-8-40-21-17(20(34)31(21)18(12)22(35)36)27-19(33)16(28-37)13-9-41-23(24)26-13/h2-3,6,9-10,15,17,21,32H,4-5,7-8H2,1H3,(H4-,24,26,27,33,35,36,37)/t15?,17-,21?/m1/s1. The molecule has 0 bridgehead atoms.